The van der Waals surface area contributed by atoms with Gasteiger partial charge in [0, 0.05) is 18.7 Å². The molecule has 1 fully saturated rings. The second-order valence-corrected chi connectivity index (χ2v) is 5.06. The van der Waals surface area contributed by atoms with Crippen LogP contribution in [0.1, 0.15) is 15.9 Å². The molecule has 0 bridgehead atoms. The lowest BCUT2D eigenvalue weighted by molar-refractivity contribution is -0.142. The molecule has 1 saturated heterocycles. The molecule has 1 aliphatic heterocycles. The van der Waals surface area contributed by atoms with Crippen molar-refractivity contribution in [1.29, 1.82) is 0 Å². The van der Waals surface area contributed by atoms with Crippen molar-refractivity contribution in [1.82, 2.24) is 10.2 Å². The highest BCUT2D eigenvalue weighted by molar-refractivity contribution is 6.05. The van der Waals surface area contributed by atoms with Crippen molar-refractivity contribution in [2.45, 2.75) is 12.5 Å². The predicted molar refractivity (Wildman–Crippen MR) is 79.1 cm³/mol. The van der Waals surface area contributed by atoms with E-state index in [0.29, 0.717) is 25.1 Å². The second kappa shape index (κ2) is 7.15. The number of imide groups is 1. The number of carbonyl (C=O) groups excluding carboxylic acids is 3. The summed E-state index contributed by atoms with van der Waals surface area (Å²) >= 11 is 0. The van der Waals surface area contributed by atoms with E-state index in [-0.39, 0.29) is 18.4 Å². The highest BCUT2D eigenvalue weighted by Crippen LogP contribution is 2.10. The number of carbonyl (C=O) groups is 3. The van der Waals surface area contributed by atoms with Crippen molar-refractivity contribution in [2.24, 2.45) is 5.73 Å². The van der Waals surface area contributed by atoms with Crippen LogP contribution in [-0.4, -0.2) is 55.5 Å². The summed E-state index contributed by atoms with van der Waals surface area (Å²) in [5.41, 5.74) is 6.95. The summed E-state index contributed by atoms with van der Waals surface area (Å²) in [5.74, 6) is -1.02. The number of rotatable bonds is 4. The van der Waals surface area contributed by atoms with Gasteiger partial charge in [-0.15, -0.1) is 0 Å². The van der Waals surface area contributed by atoms with E-state index in [4.69, 9.17) is 5.73 Å². The largest absolute Gasteiger partial charge is 0.468 e. The van der Waals surface area contributed by atoms with E-state index >= 15 is 0 Å². The zero-order chi connectivity index (χ0) is 16.1. The summed E-state index contributed by atoms with van der Waals surface area (Å²) in [6.45, 7) is 1.15. The number of hydrogen-bond acceptors (Lipinski definition) is 6. The van der Waals surface area contributed by atoms with Gasteiger partial charge in [-0.2, -0.15) is 0 Å². The molecule has 1 aromatic carbocycles. The first-order valence-corrected chi connectivity index (χ1v) is 7.00. The predicted octanol–water partition coefficient (Wildman–Crippen LogP) is -0.699. The molecule has 0 saturated carbocycles. The zero-order valence-corrected chi connectivity index (χ0v) is 12.4. The molecule has 0 aliphatic carbocycles. The van der Waals surface area contributed by atoms with Crippen LogP contribution in [0, 0.1) is 0 Å². The minimum Gasteiger partial charge on any atom is -0.468 e. The van der Waals surface area contributed by atoms with Gasteiger partial charge < -0.3 is 15.8 Å². The normalized spacial score (nSPS) is 16.3. The first-order chi connectivity index (χ1) is 10.5. The van der Waals surface area contributed by atoms with Gasteiger partial charge in [-0.05, 0) is 24.1 Å². The van der Waals surface area contributed by atoms with Crippen molar-refractivity contribution < 1.29 is 19.1 Å². The molecule has 118 valence electrons. The van der Waals surface area contributed by atoms with Gasteiger partial charge >= 0.3 is 5.97 Å². The van der Waals surface area contributed by atoms with Crippen LogP contribution in [0.4, 0.5) is 0 Å². The SMILES string of the molecule is COC(=O)[C@@H](N)Cc1ccc(C(=O)N2CCNCC2=O)cc1. The van der Waals surface area contributed by atoms with Crippen LogP contribution in [0.2, 0.25) is 0 Å². The number of piperazine rings is 1. The molecule has 0 radical (unpaired) electrons. The fraction of sp³-hybridized carbons (Fsp3) is 0.400. The number of nitrogens with zero attached hydrogens (tertiary/aromatic N) is 1. The van der Waals surface area contributed by atoms with Crippen LogP contribution in [0.3, 0.4) is 0 Å². The molecule has 2 rings (SSSR count). The molecule has 3 N–H and O–H groups in total. The Labute approximate surface area is 128 Å². The van der Waals surface area contributed by atoms with Gasteiger partial charge in [0.15, 0.2) is 0 Å². The number of benzene rings is 1. The van der Waals surface area contributed by atoms with Crippen molar-refractivity contribution in [3.63, 3.8) is 0 Å². The van der Waals surface area contributed by atoms with Gasteiger partial charge in [-0.25, -0.2) is 0 Å². The lowest BCUT2D eigenvalue weighted by Crippen LogP contribution is -2.50. The summed E-state index contributed by atoms with van der Waals surface area (Å²) in [7, 11) is 1.29. The lowest BCUT2D eigenvalue weighted by atomic mass is 10.0. The van der Waals surface area contributed by atoms with Crippen molar-refractivity contribution in [2.75, 3.05) is 26.7 Å². The molecule has 0 unspecified atom stereocenters. The molecule has 22 heavy (non-hydrogen) atoms. The third kappa shape index (κ3) is 3.69. The Bertz CT molecular complexity index is 571. The average Bonchev–Trinajstić information content (AvgIpc) is 2.54. The van der Waals surface area contributed by atoms with Gasteiger partial charge in [0.2, 0.25) is 5.91 Å². The van der Waals surface area contributed by atoms with Crippen LogP contribution in [0.15, 0.2) is 24.3 Å². The van der Waals surface area contributed by atoms with Crippen LogP contribution in [0.25, 0.3) is 0 Å². The summed E-state index contributed by atoms with van der Waals surface area (Å²) < 4.78 is 4.57. The smallest absolute Gasteiger partial charge is 0.322 e. The Hall–Kier alpha value is -2.25. The molecule has 0 aromatic heterocycles. The molecule has 0 spiro atoms. The second-order valence-electron chi connectivity index (χ2n) is 5.06. The topological polar surface area (TPSA) is 102 Å². The molecule has 1 aliphatic rings. The van der Waals surface area contributed by atoms with E-state index in [1.54, 1.807) is 24.3 Å². The summed E-state index contributed by atoms with van der Waals surface area (Å²) in [6.07, 6.45) is 0.327. The highest BCUT2D eigenvalue weighted by Gasteiger charge is 2.25. The van der Waals surface area contributed by atoms with Crippen molar-refractivity contribution in [3.05, 3.63) is 35.4 Å². The van der Waals surface area contributed by atoms with Gasteiger partial charge in [-0.1, -0.05) is 12.1 Å². The number of amides is 2. The summed E-state index contributed by atoms with van der Waals surface area (Å²) in [4.78, 5) is 36.5. The first-order valence-electron chi connectivity index (χ1n) is 7.00. The fourth-order valence-electron chi connectivity index (χ4n) is 2.25. The Balaban J connectivity index is 2.03. The highest BCUT2D eigenvalue weighted by atomic mass is 16.5. The molecular weight excluding hydrogens is 286 g/mol. The van der Waals surface area contributed by atoms with Gasteiger partial charge in [0.05, 0.1) is 13.7 Å². The third-order valence-electron chi connectivity index (χ3n) is 3.50. The summed E-state index contributed by atoms with van der Waals surface area (Å²) in [6, 6.07) is 5.99. The van der Waals surface area contributed by atoms with Crippen LogP contribution in [0.5, 0.6) is 0 Å². The monoisotopic (exact) mass is 305 g/mol. The van der Waals surface area contributed by atoms with E-state index < -0.39 is 12.0 Å². The number of nitrogens with one attached hydrogen (secondary N) is 1. The molecule has 1 atom stereocenters. The van der Waals surface area contributed by atoms with Gasteiger partial charge in [0.25, 0.3) is 5.91 Å². The van der Waals surface area contributed by atoms with E-state index in [0.717, 1.165) is 5.56 Å². The van der Waals surface area contributed by atoms with E-state index in [9.17, 15) is 14.4 Å². The molecule has 1 aromatic rings. The lowest BCUT2D eigenvalue weighted by Gasteiger charge is -2.25. The maximum Gasteiger partial charge on any atom is 0.322 e. The summed E-state index contributed by atoms with van der Waals surface area (Å²) in [5, 5.41) is 2.92. The third-order valence-corrected chi connectivity index (χ3v) is 3.50. The van der Waals surface area contributed by atoms with E-state index in [1.165, 1.54) is 12.0 Å². The Kier molecular flexibility index (Phi) is 5.24. The number of nitrogens with two attached hydrogens (primary N) is 1. The van der Waals surface area contributed by atoms with Crippen LogP contribution in [-0.2, 0) is 20.7 Å². The molecule has 2 amide bonds. The van der Waals surface area contributed by atoms with Crippen LogP contribution >= 0.6 is 0 Å². The van der Waals surface area contributed by atoms with Crippen molar-refractivity contribution >= 4 is 17.8 Å². The molecular formula is C15H19N3O4. The maximum absolute atomic E-state index is 12.3. The van der Waals surface area contributed by atoms with Crippen LogP contribution < -0.4 is 11.1 Å². The zero-order valence-electron chi connectivity index (χ0n) is 12.4. The standard InChI is InChI=1S/C15H19N3O4/c1-22-15(21)12(16)8-10-2-4-11(5-3-10)14(20)18-7-6-17-9-13(18)19/h2-5,12,17H,6-9,16H2,1H3/t12-/m0/s1. The minimum absolute atomic E-state index is 0.178. The Morgan fingerprint density at radius 3 is 2.64 bits per heavy atom. The molecule has 1 heterocycles. The molecule has 7 heteroatoms. The maximum atomic E-state index is 12.3. The van der Waals surface area contributed by atoms with E-state index in [2.05, 4.69) is 10.1 Å². The Morgan fingerprint density at radius 2 is 2.05 bits per heavy atom. The number of hydrogen-bond donors (Lipinski definition) is 2. The van der Waals surface area contributed by atoms with Gasteiger partial charge in [0.1, 0.15) is 6.04 Å². The van der Waals surface area contributed by atoms with Crippen molar-refractivity contribution in [3.8, 4) is 0 Å². The van der Waals surface area contributed by atoms with Gasteiger partial charge in [-0.3, -0.25) is 19.3 Å². The average molecular weight is 305 g/mol. The fourth-order valence-corrected chi connectivity index (χ4v) is 2.25. The molecule has 7 nitrogen and oxygen atoms in total. The first kappa shape index (κ1) is 16.1. The quantitative estimate of drug-likeness (QED) is 0.563. The number of esters is 1. The number of ether oxygens (including phenoxy) is 1. The van der Waals surface area contributed by atoms with E-state index in [1.807, 2.05) is 0 Å². The number of methoxy groups -OCH3 is 1. The Morgan fingerprint density at radius 1 is 1.36 bits per heavy atom. The minimum atomic E-state index is -0.735.